The number of unbranched alkanes of at least 4 members (excludes halogenated alkanes) is 43. The summed E-state index contributed by atoms with van der Waals surface area (Å²) in [4.78, 5) is 24.5. The molecular formula is C58H113NO5. The molecule has 2 unspecified atom stereocenters. The van der Waals surface area contributed by atoms with Crippen molar-refractivity contribution in [3.05, 3.63) is 12.2 Å². The molecule has 0 aliphatic carbocycles. The lowest BCUT2D eigenvalue weighted by Gasteiger charge is -2.20. The quantitative estimate of drug-likeness (QED) is 0.0321. The summed E-state index contributed by atoms with van der Waals surface area (Å²) in [6.45, 7) is 4.91. The molecule has 0 fully saturated rings. The third-order valence-corrected chi connectivity index (χ3v) is 13.6. The first-order valence-corrected chi connectivity index (χ1v) is 29.0. The fourth-order valence-corrected chi connectivity index (χ4v) is 9.11. The lowest BCUT2D eigenvalue weighted by Crippen LogP contribution is -2.45. The minimum absolute atomic E-state index is 0.0121. The molecule has 380 valence electrons. The minimum atomic E-state index is -0.844. The smallest absolute Gasteiger partial charge is 0.305 e. The van der Waals surface area contributed by atoms with Gasteiger partial charge in [0.2, 0.25) is 5.91 Å². The second kappa shape index (κ2) is 54.2. The number of ether oxygens (including phenoxy) is 1. The van der Waals surface area contributed by atoms with Gasteiger partial charge in [-0.2, -0.15) is 0 Å². The Morgan fingerprint density at radius 3 is 1.06 bits per heavy atom. The highest BCUT2D eigenvalue weighted by Gasteiger charge is 2.18. The number of carbonyl (C=O) groups is 2. The van der Waals surface area contributed by atoms with E-state index in [-0.39, 0.29) is 18.5 Å². The number of rotatable bonds is 54. The number of hydrogen-bond donors (Lipinski definition) is 3. The van der Waals surface area contributed by atoms with Gasteiger partial charge in [0.15, 0.2) is 0 Å². The molecule has 0 aromatic heterocycles. The van der Waals surface area contributed by atoms with Crippen LogP contribution in [-0.4, -0.2) is 47.4 Å². The number of esters is 1. The molecule has 64 heavy (non-hydrogen) atoms. The molecular weight excluding hydrogens is 791 g/mol. The van der Waals surface area contributed by atoms with Gasteiger partial charge in [0.25, 0.3) is 0 Å². The first-order chi connectivity index (χ1) is 31.5. The van der Waals surface area contributed by atoms with Crippen LogP contribution in [0.15, 0.2) is 12.2 Å². The number of aliphatic hydroxyl groups excluding tert-OH is 2. The highest BCUT2D eigenvalue weighted by atomic mass is 16.5. The van der Waals surface area contributed by atoms with E-state index in [1.807, 2.05) is 6.08 Å². The van der Waals surface area contributed by atoms with Gasteiger partial charge >= 0.3 is 5.97 Å². The Kier molecular flexibility index (Phi) is 53.0. The average Bonchev–Trinajstić information content (AvgIpc) is 3.29. The summed E-state index contributed by atoms with van der Waals surface area (Å²) in [7, 11) is 0. The third kappa shape index (κ3) is 50.0. The molecule has 0 aliphatic heterocycles. The van der Waals surface area contributed by atoms with E-state index in [1.54, 1.807) is 6.08 Å². The van der Waals surface area contributed by atoms with E-state index >= 15 is 0 Å². The van der Waals surface area contributed by atoms with Gasteiger partial charge in [0, 0.05) is 12.8 Å². The number of nitrogens with one attached hydrogen (secondary N) is 1. The summed E-state index contributed by atoms with van der Waals surface area (Å²) in [5.41, 5.74) is 0. The summed E-state index contributed by atoms with van der Waals surface area (Å²) in [5, 5.41) is 23.0. The molecule has 0 aromatic rings. The third-order valence-electron chi connectivity index (χ3n) is 13.6. The zero-order valence-corrected chi connectivity index (χ0v) is 43.3. The second-order valence-electron chi connectivity index (χ2n) is 20.0. The molecule has 3 N–H and O–H groups in total. The van der Waals surface area contributed by atoms with E-state index in [4.69, 9.17) is 4.74 Å². The predicted molar refractivity (Wildman–Crippen MR) is 278 cm³/mol. The normalized spacial score (nSPS) is 12.6. The molecule has 0 heterocycles. The lowest BCUT2D eigenvalue weighted by molar-refractivity contribution is -0.143. The first-order valence-electron chi connectivity index (χ1n) is 29.0. The lowest BCUT2D eigenvalue weighted by atomic mass is 10.0. The van der Waals surface area contributed by atoms with Crippen LogP contribution in [0.1, 0.15) is 322 Å². The van der Waals surface area contributed by atoms with Crippen LogP contribution in [0.25, 0.3) is 0 Å². The maximum absolute atomic E-state index is 12.4. The Hall–Kier alpha value is -1.40. The van der Waals surface area contributed by atoms with Gasteiger partial charge in [0.05, 0.1) is 25.4 Å². The Labute approximate surface area is 399 Å². The first kappa shape index (κ1) is 62.6. The summed E-state index contributed by atoms with van der Waals surface area (Å²) in [6, 6.07) is -0.628. The van der Waals surface area contributed by atoms with Crippen molar-refractivity contribution in [1.29, 1.82) is 0 Å². The fourth-order valence-electron chi connectivity index (χ4n) is 9.11. The van der Waals surface area contributed by atoms with Crippen LogP contribution in [-0.2, 0) is 14.3 Å². The Balaban J connectivity index is 3.38. The molecule has 2 atom stereocenters. The zero-order chi connectivity index (χ0) is 46.5. The van der Waals surface area contributed by atoms with Gasteiger partial charge in [-0.15, -0.1) is 0 Å². The molecule has 6 heteroatoms. The maximum Gasteiger partial charge on any atom is 0.305 e. The topological polar surface area (TPSA) is 95.9 Å². The van der Waals surface area contributed by atoms with Crippen LogP contribution in [0.3, 0.4) is 0 Å². The van der Waals surface area contributed by atoms with Crippen molar-refractivity contribution in [3.8, 4) is 0 Å². The monoisotopic (exact) mass is 904 g/mol. The Bertz CT molecular complexity index is 955. The van der Waals surface area contributed by atoms with Crippen molar-refractivity contribution >= 4 is 11.9 Å². The Morgan fingerprint density at radius 1 is 0.422 bits per heavy atom. The molecule has 0 radical (unpaired) electrons. The van der Waals surface area contributed by atoms with E-state index in [0.717, 1.165) is 38.5 Å². The van der Waals surface area contributed by atoms with Crippen molar-refractivity contribution in [2.45, 2.75) is 334 Å². The minimum Gasteiger partial charge on any atom is -0.466 e. The zero-order valence-electron chi connectivity index (χ0n) is 43.3. The highest BCUT2D eigenvalue weighted by Crippen LogP contribution is 2.17. The fraction of sp³-hybridized carbons (Fsp3) is 0.931. The van der Waals surface area contributed by atoms with Gasteiger partial charge in [-0.05, 0) is 32.1 Å². The number of hydrogen-bond acceptors (Lipinski definition) is 5. The number of aliphatic hydroxyl groups is 2. The molecule has 0 spiro atoms. The van der Waals surface area contributed by atoms with E-state index < -0.39 is 12.1 Å². The Morgan fingerprint density at radius 2 is 0.719 bits per heavy atom. The molecule has 0 rings (SSSR count). The number of allylic oxidation sites excluding steroid dienone is 1. The van der Waals surface area contributed by atoms with E-state index in [0.29, 0.717) is 19.4 Å². The SMILES string of the molecule is CCCCCCCCCCCC/C=C/C(O)C(CO)NC(=O)CCCCCCCCCCCCCCCCCCCCCOC(=O)CCCCCCCCCCCCCCCCCC. The molecule has 6 nitrogen and oxygen atoms in total. The van der Waals surface area contributed by atoms with Crippen LogP contribution in [0.4, 0.5) is 0 Å². The van der Waals surface area contributed by atoms with Crippen molar-refractivity contribution in [2.75, 3.05) is 13.2 Å². The van der Waals surface area contributed by atoms with Gasteiger partial charge in [0.1, 0.15) is 0 Å². The highest BCUT2D eigenvalue weighted by molar-refractivity contribution is 5.76. The van der Waals surface area contributed by atoms with Crippen LogP contribution >= 0.6 is 0 Å². The summed E-state index contributed by atoms with van der Waals surface area (Å²) < 4.78 is 5.49. The van der Waals surface area contributed by atoms with Crippen LogP contribution < -0.4 is 5.32 Å². The molecule has 0 saturated heterocycles. The van der Waals surface area contributed by atoms with E-state index in [1.165, 1.54) is 257 Å². The standard InChI is InChI=1S/C58H113NO5/c1-3-5-7-9-11-13-15-17-18-25-28-32-36-40-44-48-52-58(63)64-53-49-45-41-37-33-29-26-23-21-19-20-22-24-27-31-35-39-43-47-51-57(62)59-55(54-60)56(61)50-46-42-38-34-30-16-14-12-10-8-6-4-2/h46,50,55-56,60-61H,3-45,47-49,51-54H2,1-2H3,(H,59,62)/b50-46+. The van der Waals surface area contributed by atoms with E-state index in [2.05, 4.69) is 19.2 Å². The summed E-state index contributed by atoms with van der Waals surface area (Å²) >= 11 is 0. The van der Waals surface area contributed by atoms with Crippen molar-refractivity contribution < 1.29 is 24.5 Å². The van der Waals surface area contributed by atoms with Crippen molar-refractivity contribution in [3.63, 3.8) is 0 Å². The number of amides is 1. The van der Waals surface area contributed by atoms with Crippen molar-refractivity contribution in [1.82, 2.24) is 5.32 Å². The molecule has 0 aromatic carbocycles. The second-order valence-corrected chi connectivity index (χ2v) is 20.0. The molecule has 0 saturated carbocycles. The van der Waals surface area contributed by atoms with Crippen LogP contribution in [0.2, 0.25) is 0 Å². The predicted octanol–water partition coefficient (Wildman–Crippen LogP) is 17.7. The molecule has 0 aliphatic rings. The molecule has 1 amide bonds. The van der Waals surface area contributed by atoms with Gasteiger partial charge in [-0.3, -0.25) is 9.59 Å². The average molecular weight is 905 g/mol. The van der Waals surface area contributed by atoms with Crippen molar-refractivity contribution in [2.24, 2.45) is 0 Å². The largest absolute Gasteiger partial charge is 0.466 e. The van der Waals surface area contributed by atoms with Gasteiger partial charge in [-0.25, -0.2) is 0 Å². The van der Waals surface area contributed by atoms with E-state index in [9.17, 15) is 19.8 Å². The summed E-state index contributed by atoms with van der Waals surface area (Å²) in [6.07, 6.45) is 63.8. The van der Waals surface area contributed by atoms with Gasteiger partial charge in [-0.1, -0.05) is 289 Å². The van der Waals surface area contributed by atoms with Crippen LogP contribution in [0.5, 0.6) is 0 Å². The maximum atomic E-state index is 12.4. The van der Waals surface area contributed by atoms with Gasteiger partial charge < -0.3 is 20.3 Å². The number of carbonyl (C=O) groups excluding carboxylic acids is 2. The molecule has 0 bridgehead atoms. The van der Waals surface area contributed by atoms with Crippen LogP contribution in [0, 0.1) is 0 Å². The summed E-state index contributed by atoms with van der Waals surface area (Å²) in [5.74, 6) is -0.0582.